The van der Waals surface area contributed by atoms with Crippen LogP contribution in [0.4, 0.5) is 0 Å². The van der Waals surface area contributed by atoms with E-state index in [1.54, 1.807) is 6.20 Å². The van der Waals surface area contributed by atoms with Crippen LogP contribution >= 0.6 is 11.6 Å². The molecule has 1 aromatic heterocycles. The maximum atomic E-state index is 5.85. The van der Waals surface area contributed by atoms with Crippen molar-refractivity contribution in [3.63, 3.8) is 0 Å². The molecule has 0 spiro atoms. The monoisotopic (exact) mass is 235 g/mol. The van der Waals surface area contributed by atoms with Gasteiger partial charge in [-0.3, -0.25) is 0 Å². The zero-order valence-corrected chi connectivity index (χ0v) is 9.83. The van der Waals surface area contributed by atoms with E-state index < -0.39 is 0 Å². The van der Waals surface area contributed by atoms with Gasteiger partial charge in [-0.05, 0) is 31.2 Å². The largest absolute Gasteiger partial charge is 0.347 e. The molecule has 1 atom stereocenters. The summed E-state index contributed by atoms with van der Waals surface area (Å²) in [5.41, 5.74) is 1.24. The van der Waals surface area contributed by atoms with E-state index in [9.17, 15) is 0 Å². The molecule has 0 saturated heterocycles. The molecule has 4 heteroatoms. The van der Waals surface area contributed by atoms with Crippen LogP contribution in [-0.2, 0) is 6.42 Å². The predicted octanol–water partition coefficient (Wildman–Crippen LogP) is 2.57. The summed E-state index contributed by atoms with van der Waals surface area (Å²) in [4.78, 5) is 7.38. The van der Waals surface area contributed by atoms with Gasteiger partial charge in [-0.1, -0.05) is 23.7 Å². The molecule has 1 unspecified atom stereocenters. The quantitative estimate of drug-likeness (QED) is 0.855. The first-order valence-electron chi connectivity index (χ1n) is 5.20. The molecule has 1 aromatic carbocycles. The van der Waals surface area contributed by atoms with E-state index >= 15 is 0 Å². The van der Waals surface area contributed by atoms with Crippen LogP contribution < -0.4 is 5.32 Å². The minimum absolute atomic E-state index is 0.205. The van der Waals surface area contributed by atoms with Crippen molar-refractivity contribution in [2.24, 2.45) is 0 Å². The SMILES string of the molecule is CNC(Cc1ccc(Cl)cc1)c1ncc[nH]1. The summed E-state index contributed by atoms with van der Waals surface area (Å²) in [5, 5.41) is 4.01. The van der Waals surface area contributed by atoms with Gasteiger partial charge in [0.15, 0.2) is 0 Å². The second-order valence-corrected chi connectivity index (χ2v) is 4.08. The molecule has 0 radical (unpaired) electrons. The Morgan fingerprint density at radius 3 is 2.69 bits per heavy atom. The van der Waals surface area contributed by atoms with Gasteiger partial charge in [0.05, 0.1) is 6.04 Å². The van der Waals surface area contributed by atoms with Crippen molar-refractivity contribution in [1.82, 2.24) is 15.3 Å². The second kappa shape index (κ2) is 5.14. The third kappa shape index (κ3) is 2.62. The molecule has 2 rings (SSSR count). The summed E-state index contributed by atoms with van der Waals surface area (Å²) in [7, 11) is 1.93. The molecular weight excluding hydrogens is 222 g/mol. The number of H-pyrrole nitrogens is 1. The van der Waals surface area contributed by atoms with Crippen LogP contribution in [0, 0.1) is 0 Å². The van der Waals surface area contributed by atoms with E-state index in [-0.39, 0.29) is 6.04 Å². The molecule has 0 aliphatic carbocycles. The number of halogens is 1. The maximum Gasteiger partial charge on any atom is 0.123 e. The highest BCUT2D eigenvalue weighted by Gasteiger charge is 2.11. The van der Waals surface area contributed by atoms with Crippen molar-refractivity contribution < 1.29 is 0 Å². The van der Waals surface area contributed by atoms with Gasteiger partial charge in [0, 0.05) is 17.4 Å². The smallest absolute Gasteiger partial charge is 0.123 e. The van der Waals surface area contributed by atoms with Crippen LogP contribution in [-0.4, -0.2) is 17.0 Å². The Kier molecular flexibility index (Phi) is 3.59. The van der Waals surface area contributed by atoms with E-state index in [2.05, 4.69) is 15.3 Å². The Bertz CT molecular complexity index is 422. The predicted molar refractivity (Wildman–Crippen MR) is 65.5 cm³/mol. The van der Waals surface area contributed by atoms with E-state index in [1.807, 2.05) is 37.5 Å². The molecule has 84 valence electrons. The Morgan fingerprint density at radius 2 is 2.12 bits per heavy atom. The lowest BCUT2D eigenvalue weighted by Gasteiger charge is -2.13. The molecule has 16 heavy (non-hydrogen) atoms. The lowest BCUT2D eigenvalue weighted by Crippen LogP contribution is -2.20. The fraction of sp³-hybridized carbons (Fsp3) is 0.250. The second-order valence-electron chi connectivity index (χ2n) is 3.65. The number of hydrogen-bond donors (Lipinski definition) is 2. The van der Waals surface area contributed by atoms with E-state index in [0.717, 1.165) is 17.3 Å². The van der Waals surface area contributed by atoms with Crippen molar-refractivity contribution in [3.8, 4) is 0 Å². The highest BCUT2D eigenvalue weighted by Crippen LogP contribution is 2.16. The van der Waals surface area contributed by atoms with Crippen molar-refractivity contribution in [2.75, 3.05) is 7.05 Å². The van der Waals surface area contributed by atoms with Gasteiger partial charge in [0.2, 0.25) is 0 Å². The van der Waals surface area contributed by atoms with Crippen LogP contribution in [0.15, 0.2) is 36.7 Å². The van der Waals surface area contributed by atoms with Gasteiger partial charge in [0.25, 0.3) is 0 Å². The van der Waals surface area contributed by atoms with Crippen LogP contribution in [0.5, 0.6) is 0 Å². The molecule has 2 N–H and O–H groups in total. The van der Waals surface area contributed by atoms with Crippen LogP contribution in [0.1, 0.15) is 17.4 Å². The van der Waals surface area contributed by atoms with Gasteiger partial charge in [-0.15, -0.1) is 0 Å². The molecule has 0 aliphatic heterocycles. The molecule has 1 heterocycles. The fourth-order valence-electron chi connectivity index (χ4n) is 1.66. The number of imidazole rings is 1. The van der Waals surface area contributed by atoms with Gasteiger partial charge < -0.3 is 10.3 Å². The summed E-state index contributed by atoms with van der Waals surface area (Å²) < 4.78 is 0. The lowest BCUT2D eigenvalue weighted by molar-refractivity contribution is 0.563. The molecule has 3 nitrogen and oxygen atoms in total. The first kappa shape index (κ1) is 11.2. The van der Waals surface area contributed by atoms with Crippen molar-refractivity contribution in [2.45, 2.75) is 12.5 Å². The van der Waals surface area contributed by atoms with Gasteiger partial charge >= 0.3 is 0 Å². The average Bonchev–Trinajstić information content (AvgIpc) is 2.82. The number of likely N-dealkylation sites (N-methyl/N-ethyl adjacent to an activating group) is 1. The van der Waals surface area contributed by atoms with Gasteiger partial charge in [0.1, 0.15) is 5.82 Å². The van der Waals surface area contributed by atoms with Crippen molar-refractivity contribution in [1.29, 1.82) is 0 Å². The normalized spacial score (nSPS) is 12.6. The Morgan fingerprint density at radius 1 is 1.38 bits per heavy atom. The number of aromatic nitrogens is 2. The highest BCUT2D eigenvalue weighted by atomic mass is 35.5. The fourth-order valence-corrected chi connectivity index (χ4v) is 1.79. The van der Waals surface area contributed by atoms with Crippen LogP contribution in [0.25, 0.3) is 0 Å². The maximum absolute atomic E-state index is 5.85. The van der Waals surface area contributed by atoms with Gasteiger partial charge in [-0.25, -0.2) is 4.98 Å². The summed E-state index contributed by atoms with van der Waals surface area (Å²) in [6.45, 7) is 0. The molecular formula is C12H14ClN3. The number of benzene rings is 1. The molecule has 2 aromatic rings. The third-order valence-corrected chi connectivity index (χ3v) is 2.80. The van der Waals surface area contributed by atoms with Gasteiger partial charge in [-0.2, -0.15) is 0 Å². The zero-order valence-electron chi connectivity index (χ0n) is 9.07. The summed E-state index contributed by atoms with van der Waals surface area (Å²) in [5.74, 6) is 0.956. The van der Waals surface area contributed by atoms with Crippen molar-refractivity contribution in [3.05, 3.63) is 53.1 Å². The number of aromatic amines is 1. The first-order valence-corrected chi connectivity index (χ1v) is 5.58. The molecule has 0 saturated carbocycles. The van der Waals surface area contributed by atoms with E-state index in [1.165, 1.54) is 5.56 Å². The Balaban J connectivity index is 2.10. The Hall–Kier alpha value is -1.32. The summed E-state index contributed by atoms with van der Waals surface area (Å²) in [6.07, 6.45) is 4.49. The van der Waals surface area contributed by atoms with Crippen LogP contribution in [0.3, 0.4) is 0 Å². The lowest BCUT2D eigenvalue weighted by atomic mass is 10.1. The molecule has 0 aliphatic rings. The van der Waals surface area contributed by atoms with E-state index in [4.69, 9.17) is 11.6 Å². The molecule has 0 amide bonds. The third-order valence-electron chi connectivity index (χ3n) is 2.55. The number of nitrogens with one attached hydrogen (secondary N) is 2. The highest BCUT2D eigenvalue weighted by molar-refractivity contribution is 6.30. The van der Waals surface area contributed by atoms with Crippen LogP contribution in [0.2, 0.25) is 5.02 Å². The summed E-state index contributed by atoms with van der Waals surface area (Å²) >= 11 is 5.85. The minimum Gasteiger partial charge on any atom is -0.347 e. The minimum atomic E-state index is 0.205. The first-order chi connectivity index (χ1) is 7.79. The van der Waals surface area contributed by atoms with E-state index in [0.29, 0.717) is 0 Å². The zero-order chi connectivity index (χ0) is 11.4. The number of hydrogen-bond acceptors (Lipinski definition) is 2. The number of nitrogens with zero attached hydrogens (tertiary/aromatic N) is 1. The number of rotatable bonds is 4. The average molecular weight is 236 g/mol. The molecule has 0 bridgehead atoms. The standard InChI is InChI=1S/C12H14ClN3/c1-14-11(12-15-6-7-16-12)8-9-2-4-10(13)5-3-9/h2-7,11,14H,8H2,1H3,(H,15,16). The Labute approximate surface area is 99.9 Å². The molecule has 0 fully saturated rings. The van der Waals surface area contributed by atoms with Crippen molar-refractivity contribution >= 4 is 11.6 Å². The topological polar surface area (TPSA) is 40.7 Å². The summed E-state index contributed by atoms with van der Waals surface area (Å²) in [6, 6.07) is 8.10.